The van der Waals surface area contributed by atoms with Crippen LogP contribution in [0.25, 0.3) is 0 Å². The van der Waals surface area contributed by atoms with Crippen LogP contribution in [-0.2, 0) is 13.8 Å². The van der Waals surface area contributed by atoms with E-state index in [4.69, 9.17) is 4.74 Å². The Morgan fingerprint density at radius 2 is 1.72 bits per heavy atom. The summed E-state index contributed by atoms with van der Waals surface area (Å²) in [4.78, 5) is 21.8. The molecule has 0 amide bonds. The third-order valence-corrected chi connectivity index (χ3v) is 5.97. The lowest BCUT2D eigenvalue weighted by Gasteiger charge is -2.38. The summed E-state index contributed by atoms with van der Waals surface area (Å²) in [6, 6.07) is 5.47. The maximum atomic E-state index is 11.8. The van der Waals surface area contributed by atoms with E-state index in [1.165, 1.54) is 44.2 Å². The van der Waals surface area contributed by atoms with Gasteiger partial charge in [-0.3, -0.25) is 14.7 Å². The van der Waals surface area contributed by atoms with Gasteiger partial charge in [-0.25, -0.2) is 0 Å². The number of rotatable bonds is 6. The first-order valence-corrected chi connectivity index (χ1v) is 11.6. The third kappa shape index (κ3) is 7.73. The lowest BCUT2D eigenvalue weighted by molar-refractivity contribution is -0.425. The van der Waals surface area contributed by atoms with Gasteiger partial charge in [0, 0.05) is 6.07 Å². The Kier molecular flexibility index (Phi) is 9.95. The van der Waals surface area contributed by atoms with Gasteiger partial charge in [0.15, 0.2) is 6.29 Å². The summed E-state index contributed by atoms with van der Waals surface area (Å²) >= 11 is 0. The highest BCUT2D eigenvalue weighted by molar-refractivity contribution is 7.46. The topological polar surface area (TPSA) is 220 Å². The molecule has 0 aromatic heterocycles. The number of nitro groups is 1. The molecule has 3 rings (SSSR count). The van der Waals surface area contributed by atoms with Gasteiger partial charge in [0.25, 0.3) is 0 Å². The predicted molar refractivity (Wildman–Crippen MR) is 106 cm³/mol. The van der Waals surface area contributed by atoms with E-state index in [0.717, 1.165) is 18.2 Å². The number of nitrogens with zero attached hydrogens (tertiary/aromatic N) is 1. The van der Waals surface area contributed by atoms with E-state index in [9.17, 15) is 40.0 Å². The molecule has 1 unspecified atom stereocenters. The first-order chi connectivity index (χ1) is 15.0. The van der Waals surface area contributed by atoms with Crippen LogP contribution in [0.5, 0.6) is 5.75 Å². The number of quaternary nitrogens is 1. The number of hydrogen-bond acceptors (Lipinski definition) is 11. The van der Waals surface area contributed by atoms with Crippen LogP contribution in [0.15, 0.2) is 24.3 Å². The molecule has 182 valence electrons. The summed E-state index contributed by atoms with van der Waals surface area (Å²) in [5, 5.41) is 48.7. The summed E-state index contributed by atoms with van der Waals surface area (Å²) in [5.74, 6) is -0.577. The lowest BCUT2D eigenvalue weighted by atomic mass is 9.97. The zero-order valence-electron chi connectivity index (χ0n) is 17.3. The molecule has 1 saturated carbocycles. The van der Waals surface area contributed by atoms with Gasteiger partial charge in [-0.05, 0) is 31.7 Å². The molecule has 0 radical (unpaired) electrons. The molecule has 6 atom stereocenters. The molecule has 7 N–H and O–H groups in total. The average molecular weight is 480 g/mol. The largest absolute Gasteiger partial charge is 0.746 e. The molecule has 0 bridgehead atoms. The molecule has 1 aromatic rings. The highest BCUT2D eigenvalue weighted by Gasteiger charge is 2.43. The summed E-state index contributed by atoms with van der Waals surface area (Å²) in [7, 11) is -5.10. The molecule has 1 aliphatic carbocycles. The molecule has 2 fully saturated rings. The van der Waals surface area contributed by atoms with Crippen LogP contribution in [0.1, 0.15) is 32.1 Å². The van der Waals surface area contributed by atoms with Crippen LogP contribution in [0.3, 0.4) is 0 Å². The average Bonchev–Trinajstić information content (AvgIpc) is 2.75. The molecule has 14 heteroatoms. The van der Waals surface area contributed by atoms with E-state index in [1.807, 2.05) is 0 Å². The van der Waals surface area contributed by atoms with E-state index < -0.39 is 61.5 Å². The third-order valence-electron chi connectivity index (χ3n) is 5.08. The fraction of sp³-hybridized carbons (Fsp3) is 0.667. The molecular weight excluding hydrogens is 451 g/mol. The quantitative estimate of drug-likeness (QED) is 0.185. The zero-order chi connectivity index (χ0) is 23.9. The van der Waals surface area contributed by atoms with Crippen molar-refractivity contribution in [3.05, 3.63) is 34.4 Å². The first-order valence-electron chi connectivity index (χ1n) is 10.1. The molecule has 1 heterocycles. The van der Waals surface area contributed by atoms with Crippen molar-refractivity contribution in [1.82, 2.24) is 0 Å². The Labute approximate surface area is 184 Å². The van der Waals surface area contributed by atoms with Crippen LogP contribution >= 0.6 is 7.82 Å². The number of nitro benzene ring substituents is 1. The Morgan fingerprint density at radius 3 is 2.28 bits per heavy atom. The van der Waals surface area contributed by atoms with Crippen LogP contribution in [0, 0.1) is 10.1 Å². The number of para-hydroxylation sites is 2. The number of phosphoric acid groups is 1. The highest BCUT2D eigenvalue weighted by atomic mass is 31.2. The summed E-state index contributed by atoms with van der Waals surface area (Å²) in [6.07, 6.45) is -1.63. The van der Waals surface area contributed by atoms with Gasteiger partial charge in [-0.15, -0.1) is 0 Å². The van der Waals surface area contributed by atoms with Gasteiger partial charge in [0.05, 0.1) is 17.6 Å². The zero-order valence-corrected chi connectivity index (χ0v) is 18.2. The molecule has 2 aliphatic rings. The van der Waals surface area contributed by atoms with Crippen LogP contribution in [0.2, 0.25) is 0 Å². The number of aliphatic hydroxyl groups is 4. The van der Waals surface area contributed by atoms with Crippen molar-refractivity contribution in [2.24, 2.45) is 0 Å². The predicted octanol–water partition coefficient (Wildman–Crippen LogP) is -1.18. The maximum Gasteiger partial charge on any atom is 0.320 e. The van der Waals surface area contributed by atoms with Crippen molar-refractivity contribution in [2.75, 3.05) is 6.61 Å². The molecule has 1 aromatic carbocycles. The summed E-state index contributed by atoms with van der Waals surface area (Å²) in [6.45, 7) is -0.872. The van der Waals surface area contributed by atoms with Crippen LogP contribution in [0.4, 0.5) is 5.69 Å². The molecule has 13 nitrogen and oxygen atoms in total. The molecule has 32 heavy (non-hydrogen) atoms. The normalized spacial score (nSPS) is 30.5. The van der Waals surface area contributed by atoms with Crippen molar-refractivity contribution < 1.29 is 54.3 Å². The minimum atomic E-state index is -5.10. The van der Waals surface area contributed by atoms with Gasteiger partial charge in [0.2, 0.25) is 5.75 Å². The minimum absolute atomic E-state index is 0.577. The SMILES string of the molecule is O=[N+]([O-])c1ccccc1OP(=O)([O-])OC[C@H]1O[C@@H](O)[C@H](O)[C@@H](O)[C@H]1O.[NH3+]C1CCCCC1. The second kappa shape index (κ2) is 12.0. The van der Waals surface area contributed by atoms with Crippen molar-refractivity contribution in [2.45, 2.75) is 68.9 Å². The fourth-order valence-corrected chi connectivity index (χ4v) is 4.03. The second-order valence-corrected chi connectivity index (χ2v) is 8.94. The number of benzene rings is 1. The number of ether oxygens (including phenoxy) is 1. The number of aliphatic hydroxyl groups excluding tert-OH is 4. The van der Waals surface area contributed by atoms with Gasteiger partial charge in [0.1, 0.15) is 24.4 Å². The van der Waals surface area contributed by atoms with Crippen LogP contribution < -0.4 is 15.2 Å². The number of phosphoric ester groups is 1. The molecule has 0 spiro atoms. The molecule has 1 aliphatic heterocycles. The number of hydrogen-bond donors (Lipinski definition) is 5. The Morgan fingerprint density at radius 1 is 1.09 bits per heavy atom. The van der Waals surface area contributed by atoms with Gasteiger partial charge in [-0.2, -0.15) is 0 Å². The van der Waals surface area contributed by atoms with E-state index >= 15 is 0 Å². The van der Waals surface area contributed by atoms with Crippen molar-refractivity contribution in [3.63, 3.8) is 0 Å². The van der Waals surface area contributed by atoms with E-state index in [1.54, 1.807) is 0 Å². The summed E-state index contributed by atoms with van der Waals surface area (Å²) < 4.78 is 25.5. The van der Waals surface area contributed by atoms with Gasteiger partial charge < -0.3 is 44.8 Å². The van der Waals surface area contributed by atoms with E-state index in [-0.39, 0.29) is 0 Å². The Bertz CT molecular complexity index is 792. The van der Waals surface area contributed by atoms with E-state index in [0.29, 0.717) is 0 Å². The van der Waals surface area contributed by atoms with E-state index in [2.05, 4.69) is 14.8 Å². The lowest BCUT2D eigenvalue weighted by Crippen LogP contribution is -2.61. The van der Waals surface area contributed by atoms with Crippen LogP contribution in [-0.4, -0.2) is 68.7 Å². The highest BCUT2D eigenvalue weighted by Crippen LogP contribution is 2.43. The minimum Gasteiger partial charge on any atom is -0.746 e. The molecule has 1 saturated heterocycles. The smallest absolute Gasteiger partial charge is 0.320 e. The Hall–Kier alpha value is -1.67. The van der Waals surface area contributed by atoms with Gasteiger partial charge >= 0.3 is 13.5 Å². The second-order valence-electron chi connectivity index (χ2n) is 7.60. The Balaban J connectivity index is 0.000000439. The first kappa shape index (κ1) is 26.6. The summed E-state index contributed by atoms with van der Waals surface area (Å²) in [5.41, 5.74) is 3.39. The van der Waals surface area contributed by atoms with Crippen molar-refractivity contribution >= 4 is 13.5 Å². The van der Waals surface area contributed by atoms with Crippen molar-refractivity contribution in [1.29, 1.82) is 0 Å². The molecular formula is C18H29N2O11P. The monoisotopic (exact) mass is 480 g/mol. The maximum absolute atomic E-state index is 11.8. The van der Waals surface area contributed by atoms with Crippen molar-refractivity contribution in [3.8, 4) is 5.75 Å². The fourth-order valence-electron chi connectivity index (χ4n) is 3.25. The van der Waals surface area contributed by atoms with Gasteiger partial charge in [-0.1, -0.05) is 18.6 Å². The standard InChI is InChI=1S/C12H16NO11P.C6H13N/c14-9-8(23-12(17)11(16)10(9)15)5-22-25(20,21)24-7-4-2-1-3-6(7)13(18)19;7-6-4-2-1-3-5-6/h1-4,8-12,14-17H,5H2,(H,20,21);6H,1-5,7H2/t8-,9+,10+,11-,12-;/m1./s1.